The van der Waals surface area contributed by atoms with Crippen molar-refractivity contribution < 1.29 is 19.1 Å². The first-order valence-electron chi connectivity index (χ1n) is 8.83. The largest absolute Gasteiger partial charge is 0.468 e. The van der Waals surface area contributed by atoms with E-state index in [0.717, 1.165) is 5.56 Å². The second-order valence-electron chi connectivity index (χ2n) is 6.21. The van der Waals surface area contributed by atoms with Crippen molar-refractivity contribution in [2.45, 2.75) is 19.0 Å². The first-order chi connectivity index (χ1) is 13.5. The number of esters is 1. The molecular formula is C19H25N5O4. The number of likely N-dealkylation sites (N-methyl/N-ethyl adjacent to an activating group) is 1. The van der Waals surface area contributed by atoms with Gasteiger partial charge in [-0.05, 0) is 5.56 Å². The number of aromatic nitrogens is 2. The Morgan fingerprint density at radius 2 is 1.96 bits per heavy atom. The summed E-state index contributed by atoms with van der Waals surface area (Å²) in [4.78, 5) is 45.0. The van der Waals surface area contributed by atoms with Crippen molar-refractivity contribution in [2.24, 2.45) is 0 Å². The number of rotatable bonds is 10. The number of benzene rings is 1. The van der Waals surface area contributed by atoms with E-state index >= 15 is 0 Å². The lowest BCUT2D eigenvalue weighted by Crippen LogP contribution is -2.50. The number of imidazole rings is 1. The highest BCUT2D eigenvalue weighted by Gasteiger charge is 2.23. The van der Waals surface area contributed by atoms with Crippen LogP contribution in [0.5, 0.6) is 0 Å². The van der Waals surface area contributed by atoms with Crippen LogP contribution in [0, 0.1) is 0 Å². The van der Waals surface area contributed by atoms with Crippen molar-refractivity contribution in [3.05, 3.63) is 54.1 Å². The average Bonchev–Trinajstić information content (AvgIpc) is 3.20. The Bertz CT molecular complexity index is 764. The van der Waals surface area contributed by atoms with Gasteiger partial charge in [-0.25, -0.2) is 4.98 Å². The Morgan fingerprint density at radius 1 is 1.21 bits per heavy atom. The number of H-pyrrole nitrogens is 1. The van der Waals surface area contributed by atoms with Crippen molar-refractivity contribution in [1.82, 2.24) is 25.5 Å². The molecule has 3 N–H and O–H groups in total. The molecule has 150 valence electrons. The quantitative estimate of drug-likeness (QED) is 0.489. The number of hydrogen-bond acceptors (Lipinski definition) is 6. The maximum atomic E-state index is 12.6. The van der Waals surface area contributed by atoms with Crippen LogP contribution < -0.4 is 10.6 Å². The monoisotopic (exact) mass is 387 g/mol. The summed E-state index contributed by atoms with van der Waals surface area (Å²) in [6.45, 7) is 0.300. The molecule has 0 spiro atoms. The Balaban J connectivity index is 2.02. The summed E-state index contributed by atoms with van der Waals surface area (Å²) in [6.07, 6.45) is 3.43. The lowest BCUT2D eigenvalue weighted by atomic mass is 10.1. The number of carbonyl (C=O) groups excluding carboxylic acids is 3. The van der Waals surface area contributed by atoms with Crippen LogP contribution in [0.15, 0.2) is 42.9 Å². The van der Waals surface area contributed by atoms with E-state index in [1.807, 2.05) is 30.3 Å². The smallest absolute Gasteiger partial charge is 0.319 e. The van der Waals surface area contributed by atoms with E-state index in [4.69, 9.17) is 4.74 Å². The molecule has 1 unspecified atom stereocenters. The number of aromatic amines is 1. The number of carbonyl (C=O) groups is 3. The zero-order valence-electron chi connectivity index (χ0n) is 16.0. The fourth-order valence-corrected chi connectivity index (χ4v) is 2.69. The van der Waals surface area contributed by atoms with Crippen molar-refractivity contribution in [3.63, 3.8) is 0 Å². The fourth-order valence-electron chi connectivity index (χ4n) is 2.69. The van der Waals surface area contributed by atoms with Gasteiger partial charge >= 0.3 is 5.97 Å². The number of ether oxygens (including phenoxy) is 1. The predicted molar refractivity (Wildman–Crippen MR) is 102 cm³/mol. The van der Waals surface area contributed by atoms with Crippen molar-refractivity contribution in [2.75, 3.05) is 27.2 Å². The summed E-state index contributed by atoms with van der Waals surface area (Å²) < 4.78 is 4.72. The normalized spacial score (nSPS) is 11.7. The van der Waals surface area contributed by atoms with Gasteiger partial charge in [0.2, 0.25) is 11.8 Å². The van der Waals surface area contributed by atoms with Gasteiger partial charge in [0.05, 0.1) is 32.2 Å². The molecular weight excluding hydrogens is 362 g/mol. The van der Waals surface area contributed by atoms with E-state index in [2.05, 4.69) is 20.6 Å². The molecule has 0 radical (unpaired) electrons. The van der Waals surface area contributed by atoms with E-state index in [1.54, 1.807) is 11.1 Å². The van der Waals surface area contributed by atoms with Crippen LogP contribution in [0.4, 0.5) is 0 Å². The maximum Gasteiger partial charge on any atom is 0.319 e. The molecule has 9 heteroatoms. The Morgan fingerprint density at radius 3 is 2.57 bits per heavy atom. The molecule has 0 bridgehead atoms. The minimum atomic E-state index is -0.766. The average molecular weight is 387 g/mol. The van der Waals surface area contributed by atoms with E-state index in [1.165, 1.54) is 20.5 Å². The zero-order chi connectivity index (χ0) is 20.4. The van der Waals surface area contributed by atoms with Gasteiger partial charge in [0, 0.05) is 26.2 Å². The van der Waals surface area contributed by atoms with Crippen LogP contribution in [0.2, 0.25) is 0 Å². The Labute approximate surface area is 163 Å². The number of methoxy groups -OCH3 is 1. The minimum Gasteiger partial charge on any atom is -0.468 e. The third-order valence-corrected chi connectivity index (χ3v) is 4.06. The standard InChI is InChI=1S/C19H25N5O4/c1-20-19(27)16(8-15-9-21-13-22-15)23-17(25)11-24(12-18(26)28-2)10-14-6-4-3-5-7-14/h3-7,9,13,16H,8,10-12H2,1-2H3,(H,20,27)(H,21,22)(H,23,25). The molecule has 1 atom stereocenters. The molecule has 9 nitrogen and oxygen atoms in total. The molecule has 28 heavy (non-hydrogen) atoms. The van der Waals surface area contributed by atoms with Crippen LogP contribution in [0.25, 0.3) is 0 Å². The number of nitrogens with one attached hydrogen (secondary N) is 3. The lowest BCUT2D eigenvalue weighted by molar-refractivity contribution is -0.142. The molecule has 0 aliphatic heterocycles. The molecule has 0 saturated heterocycles. The van der Waals surface area contributed by atoms with Gasteiger partial charge in [0.1, 0.15) is 6.04 Å². The van der Waals surface area contributed by atoms with E-state index in [9.17, 15) is 14.4 Å². The van der Waals surface area contributed by atoms with E-state index in [-0.39, 0.29) is 31.3 Å². The van der Waals surface area contributed by atoms with Crippen LogP contribution in [-0.4, -0.2) is 65.9 Å². The predicted octanol–water partition coefficient (Wildman–Crippen LogP) is -0.142. The van der Waals surface area contributed by atoms with E-state index in [0.29, 0.717) is 12.2 Å². The highest BCUT2D eigenvalue weighted by Crippen LogP contribution is 2.05. The van der Waals surface area contributed by atoms with Gasteiger partial charge in [-0.1, -0.05) is 30.3 Å². The van der Waals surface area contributed by atoms with Gasteiger partial charge in [0.15, 0.2) is 0 Å². The van der Waals surface area contributed by atoms with Crippen molar-refractivity contribution >= 4 is 17.8 Å². The SMILES string of the molecule is CNC(=O)C(Cc1c[nH]cn1)NC(=O)CN(CC(=O)OC)Cc1ccccc1. The van der Waals surface area contributed by atoms with Crippen LogP contribution >= 0.6 is 0 Å². The summed E-state index contributed by atoms with van der Waals surface area (Å²) in [5.41, 5.74) is 1.61. The molecule has 0 aliphatic rings. The molecule has 0 fully saturated rings. The lowest BCUT2D eigenvalue weighted by Gasteiger charge is -2.22. The first-order valence-corrected chi connectivity index (χ1v) is 8.83. The first kappa shape index (κ1) is 21.1. The zero-order valence-corrected chi connectivity index (χ0v) is 16.0. The molecule has 1 aromatic carbocycles. The highest BCUT2D eigenvalue weighted by atomic mass is 16.5. The van der Waals surface area contributed by atoms with Gasteiger partial charge < -0.3 is 20.4 Å². The number of hydrogen-bond donors (Lipinski definition) is 3. The molecule has 1 aromatic heterocycles. The molecule has 0 aliphatic carbocycles. The molecule has 2 rings (SSSR count). The topological polar surface area (TPSA) is 116 Å². The maximum absolute atomic E-state index is 12.6. The summed E-state index contributed by atoms with van der Waals surface area (Å²) in [7, 11) is 2.81. The second-order valence-corrected chi connectivity index (χ2v) is 6.21. The summed E-state index contributed by atoms with van der Waals surface area (Å²) in [5.74, 6) is -1.13. The van der Waals surface area contributed by atoms with E-state index < -0.39 is 12.0 Å². The Hall–Kier alpha value is -3.20. The summed E-state index contributed by atoms with van der Waals surface area (Å²) in [5, 5.41) is 5.25. The van der Waals surface area contributed by atoms with Crippen molar-refractivity contribution in [3.8, 4) is 0 Å². The van der Waals surface area contributed by atoms with Gasteiger partial charge in [-0.3, -0.25) is 19.3 Å². The van der Waals surface area contributed by atoms with Gasteiger partial charge in [0.25, 0.3) is 0 Å². The van der Waals surface area contributed by atoms with Gasteiger partial charge in [-0.2, -0.15) is 0 Å². The molecule has 2 amide bonds. The third kappa shape index (κ3) is 6.84. The highest BCUT2D eigenvalue weighted by molar-refractivity contribution is 5.88. The second kappa shape index (κ2) is 10.8. The summed E-state index contributed by atoms with van der Waals surface area (Å²) >= 11 is 0. The molecule has 0 saturated carbocycles. The molecule has 2 aromatic rings. The summed E-state index contributed by atoms with van der Waals surface area (Å²) in [6, 6.07) is 8.72. The number of nitrogens with zero attached hydrogens (tertiary/aromatic N) is 2. The van der Waals surface area contributed by atoms with Crippen LogP contribution in [0.3, 0.4) is 0 Å². The minimum absolute atomic E-state index is 0.0389. The number of amides is 2. The fraction of sp³-hybridized carbons (Fsp3) is 0.368. The van der Waals surface area contributed by atoms with Crippen molar-refractivity contribution in [1.29, 1.82) is 0 Å². The molecule has 1 heterocycles. The van der Waals surface area contributed by atoms with Gasteiger partial charge in [-0.15, -0.1) is 0 Å². The third-order valence-electron chi connectivity index (χ3n) is 4.06. The van der Waals surface area contributed by atoms with Crippen LogP contribution in [0.1, 0.15) is 11.3 Å². The Kier molecular flexibility index (Phi) is 8.16. The van der Waals surface area contributed by atoms with Crippen LogP contribution in [-0.2, 0) is 32.1 Å².